The quantitative estimate of drug-likeness (QED) is 0.184. The number of allylic oxidation sites excluding steroid dienone is 5. The molecule has 3 atom stereocenters. The predicted octanol–water partition coefficient (Wildman–Crippen LogP) is 13.3. The first-order valence-corrected chi connectivity index (χ1v) is 20.4. The molecule has 270 valence electrons. The highest BCUT2D eigenvalue weighted by atomic mass is 15.2. The van der Waals surface area contributed by atoms with Gasteiger partial charge >= 0.3 is 0 Å². The molecule has 0 amide bonds. The van der Waals surface area contributed by atoms with Gasteiger partial charge in [0.2, 0.25) is 0 Å². The largest absolute Gasteiger partial charge is 0.338 e. The SMILES string of the molecule is CC1CCc2ccccc2N1c1ccc2c(c1)C(C)(C)c1cc(C=CC3=CC=C4c5ccc(N6c7ccccc7CCC6C)cc5C(C)(C)C4C3)ccc1-2. The van der Waals surface area contributed by atoms with E-state index < -0.39 is 0 Å². The minimum atomic E-state index is -0.0720. The number of aryl methyl sites for hydroxylation is 2. The van der Waals surface area contributed by atoms with E-state index in [4.69, 9.17) is 0 Å². The summed E-state index contributed by atoms with van der Waals surface area (Å²) in [4.78, 5) is 5.16. The lowest BCUT2D eigenvalue weighted by atomic mass is 9.73. The van der Waals surface area contributed by atoms with Crippen molar-refractivity contribution in [2.45, 2.75) is 96.6 Å². The van der Waals surface area contributed by atoms with Crippen LogP contribution < -0.4 is 9.80 Å². The van der Waals surface area contributed by atoms with Crippen molar-refractivity contribution >= 4 is 34.4 Å². The van der Waals surface area contributed by atoms with Gasteiger partial charge in [-0.1, -0.05) is 119 Å². The van der Waals surface area contributed by atoms with Gasteiger partial charge in [-0.05, 0) is 155 Å². The molecular formula is C52H52N2. The van der Waals surface area contributed by atoms with E-state index in [2.05, 4.69) is 179 Å². The molecule has 2 nitrogen and oxygen atoms in total. The Morgan fingerprint density at radius 2 is 1.13 bits per heavy atom. The Morgan fingerprint density at radius 3 is 1.78 bits per heavy atom. The van der Waals surface area contributed by atoms with Gasteiger partial charge in [0.05, 0.1) is 0 Å². The summed E-state index contributed by atoms with van der Waals surface area (Å²) in [6.07, 6.45) is 15.3. The Bertz CT molecular complexity index is 2430. The maximum Gasteiger partial charge on any atom is 0.0445 e. The fourth-order valence-corrected chi connectivity index (χ4v) is 10.8. The maximum absolute atomic E-state index is 2.58. The Balaban J connectivity index is 0.911. The van der Waals surface area contributed by atoms with Crippen molar-refractivity contribution in [3.63, 3.8) is 0 Å². The third-order valence-corrected chi connectivity index (χ3v) is 13.9. The molecule has 5 aliphatic rings. The van der Waals surface area contributed by atoms with Crippen LogP contribution in [-0.4, -0.2) is 12.1 Å². The second-order valence-corrected chi connectivity index (χ2v) is 17.8. The van der Waals surface area contributed by atoms with Crippen LogP contribution in [0.4, 0.5) is 22.7 Å². The number of anilines is 4. The zero-order chi connectivity index (χ0) is 36.9. The molecule has 2 heterocycles. The predicted molar refractivity (Wildman–Crippen MR) is 229 cm³/mol. The lowest BCUT2D eigenvalue weighted by Crippen LogP contribution is -2.33. The number of hydrogen-bond donors (Lipinski definition) is 0. The molecule has 54 heavy (non-hydrogen) atoms. The molecule has 5 aromatic rings. The molecular weight excluding hydrogens is 653 g/mol. The van der Waals surface area contributed by atoms with Gasteiger partial charge in [-0.25, -0.2) is 0 Å². The van der Waals surface area contributed by atoms with Crippen LogP contribution in [0.1, 0.15) is 99.7 Å². The molecule has 0 spiro atoms. The highest BCUT2D eigenvalue weighted by Gasteiger charge is 2.44. The summed E-state index contributed by atoms with van der Waals surface area (Å²) in [5, 5.41) is 0. The first kappa shape index (κ1) is 33.5. The van der Waals surface area contributed by atoms with Crippen LogP contribution >= 0.6 is 0 Å². The Hall–Kier alpha value is -5.08. The zero-order valence-electron chi connectivity index (χ0n) is 32.8. The molecule has 5 aromatic carbocycles. The van der Waals surface area contributed by atoms with E-state index in [9.17, 15) is 0 Å². The van der Waals surface area contributed by atoms with E-state index in [1.54, 1.807) is 0 Å². The summed E-state index contributed by atoms with van der Waals surface area (Å²) in [5.74, 6) is 0.468. The molecule has 0 bridgehead atoms. The lowest BCUT2D eigenvalue weighted by molar-refractivity contribution is 0.410. The van der Waals surface area contributed by atoms with Gasteiger partial charge in [-0.2, -0.15) is 0 Å². The van der Waals surface area contributed by atoms with Crippen LogP contribution in [0.3, 0.4) is 0 Å². The highest BCUT2D eigenvalue weighted by molar-refractivity contribution is 5.86. The first-order valence-electron chi connectivity index (χ1n) is 20.4. The molecule has 0 aromatic heterocycles. The van der Waals surface area contributed by atoms with Crippen molar-refractivity contribution in [2.75, 3.05) is 9.80 Å². The van der Waals surface area contributed by atoms with Gasteiger partial charge in [0.1, 0.15) is 0 Å². The number of nitrogens with zero attached hydrogens (tertiary/aromatic N) is 2. The average molecular weight is 705 g/mol. The summed E-state index contributed by atoms with van der Waals surface area (Å²) in [5.41, 5.74) is 21.0. The van der Waals surface area contributed by atoms with Gasteiger partial charge in [-0.3, -0.25) is 0 Å². The first-order chi connectivity index (χ1) is 26.1. The Morgan fingerprint density at radius 1 is 0.574 bits per heavy atom. The summed E-state index contributed by atoms with van der Waals surface area (Å²) in [7, 11) is 0. The van der Waals surface area contributed by atoms with Crippen LogP contribution in [0.2, 0.25) is 0 Å². The van der Waals surface area contributed by atoms with Crippen LogP contribution in [-0.2, 0) is 23.7 Å². The number of para-hydroxylation sites is 2. The summed E-state index contributed by atoms with van der Waals surface area (Å²) < 4.78 is 0. The van der Waals surface area contributed by atoms with Crippen LogP contribution in [0, 0.1) is 5.92 Å². The molecule has 3 aliphatic carbocycles. The van der Waals surface area contributed by atoms with Crippen molar-refractivity contribution in [2.24, 2.45) is 5.92 Å². The molecule has 0 saturated heterocycles. The molecule has 3 unspecified atom stereocenters. The van der Waals surface area contributed by atoms with E-state index in [0.29, 0.717) is 18.0 Å². The monoisotopic (exact) mass is 704 g/mol. The van der Waals surface area contributed by atoms with E-state index in [0.717, 1.165) is 19.3 Å². The number of rotatable bonds is 4. The topological polar surface area (TPSA) is 6.48 Å². The van der Waals surface area contributed by atoms with Crippen LogP contribution in [0.25, 0.3) is 22.8 Å². The van der Waals surface area contributed by atoms with Crippen molar-refractivity contribution in [3.8, 4) is 11.1 Å². The van der Waals surface area contributed by atoms with Crippen molar-refractivity contribution in [3.05, 3.63) is 166 Å². The number of benzene rings is 5. The average Bonchev–Trinajstić information content (AvgIpc) is 3.55. The fourth-order valence-electron chi connectivity index (χ4n) is 10.8. The summed E-state index contributed by atoms with van der Waals surface area (Å²) in [6, 6.07) is 40.6. The third-order valence-electron chi connectivity index (χ3n) is 13.9. The summed E-state index contributed by atoms with van der Waals surface area (Å²) >= 11 is 0. The maximum atomic E-state index is 2.58. The molecule has 0 radical (unpaired) electrons. The number of hydrogen-bond acceptors (Lipinski definition) is 2. The Labute approximate surface area is 322 Å². The van der Waals surface area contributed by atoms with Gasteiger partial charge in [0, 0.05) is 40.2 Å². The zero-order valence-corrected chi connectivity index (χ0v) is 32.8. The van der Waals surface area contributed by atoms with Crippen LogP contribution in [0.5, 0.6) is 0 Å². The van der Waals surface area contributed by atoms with Gasteiger partial charge in [-0.15, -0.1) is 0 Å². The molecule has 2 heteroatoms. The van der Waals surface area contributed by atoms with E-state index >= 15 is 0 Å². The standard InChI is InChI=1S/C52H52N2/c1-33-15-21-37-11-7-9-13-49(37)53(33)39-23-27-43-41-25-19-35(29-45(41)51(3,4)47(43)31-39)17-18-36-20-26-42-44-28-24-40(32-48(44)52(5,6)46(42)30-36)54-34(2)16-22-38-12-8-10-14-50(38)54/h7-14,17-20,23-29,31-34,46H,15-16,21-22,30H2,1-6H3. The van der Waals surface area contributed by atoms with Crippen molar-refractivity contribution < 1.29 is 0 Å². The molecule has 0 fully saturated rings. The van der Waals surface area contributed by atoms with Crippen LogP contribution in [0.15, 0.2) is 127 Å². The lowest BCUT2D eigenvalue weighted by Gasteiger charge is -2.38. The van der Waals surface area contributed by atoms with Gasteiger partial charge in [0.25, 0.3) is 0 Å². The minimum absolute atomic E-state index is 0.0549. The van der Waals surface area contributed by atoms with Crippen molar-refractivity contribution in [1.82, 2.24) is 0 Å². The van der Waals surface area contributed by atoms with Gasteiger partial charge < -0.3 is 9.80 Å². The van der Waals surface area contributed by atoms with Gasteiger partial charge in [0.15, 0.2) is 0 Å². The molecule has 0 N–H and O–H groups in total. The van der Waals surface area contributed by atoms with Crippen molar-refractivity contribution in [1.29, 1.82) is 0 Å². The summed E-state index contributed by atoms with van der Waals surface area (Å²) in [6.45, 7) is 14.5. The second-order valence-electron chi connectivity index (χ2n) is 17.8. The molecule has 10 rings (SSSR count). The second kappa shape index (κ2) is 12.2. The molecule has 2 aliphatic heterocycles. The Kier molecular flexibility index (Phi) is 7.58. The van der Waals surface area contributed by atoms with E-state index in [1.165, 1.54) is 96.8 Å². The minimum Gasteiger partial charge on any atom is -0.338 e. The fraction of sp³-hybridized carbons (Fsp3) is 0.308. The number of fused-ring (bicyclic) bond motifs is 8. The van der Waals surface area contributed by atoms with E-state index in [1.807, 2.05) is 0 Å². The smallest absolute Gasteiger partial charge is 0.0445 e. The molecule has 0 saturated carbocycles. The third kappa shape index (κ3) is 5.05. The highest BCUT2D eigenvalue weighted by Crippen LogP contribution is 2.56. The normalized spacial score (nSPS) is 22.8. The van der Waals surface area contributed by atoms with E-state index in [-0.39, 0.29) is 10.8 Å².